The molecule has 2 heteroatoms. The van der Waals surface area contributed by atoms with Crippen LogP contribution in [-0.4, -0.2) is 11.9 Å². The van der Waals surface area contributed by atoms with Crippen LogP contribution in [-0.2, 0) is 0 Å². The molecule has 0 aromatic heterocycles. The summed E-state index contributed by atoms with van der Waals surface area (Å²) in [6.07, 6.45) is 0. The molecular formula is C5H11BO. The summed E-state index contributed by atoms with van der Waals surface area (Å²) in [5, 5.41) is 8.24. The monoisotopic (exact) mass is 98.1 g/mol. The zero-order valence-electron chi connectivity index (χ0n) is 4.72. The lowest BCUT2D eigenvalue weighted by Crippen LogP contribution is -1.97. The summed E-state index contributed by atoms with van der Waals surface area (Å²) in [6.45, 7) is 10.6. The molecule has 0 saturated heterocycles. The summed E-state index contributed by atoms with van der Waals surface area (Å²) in [6, 6.07) is 0. The van der Waals surface area contributed by atoms with Gasteiger partial charge in [0.05, 0.1) is 0 Å². The van der Waals surface area contributed by atoms with E-state index in [0.29, 0.717) is 0 Å². The van der Waals surface area contributed by atoms with Crippen LogP contribution in [0.15, 0.2) is 25.7 Å². The highest BCUT2D eigenvalue weighted by atomic mass is 16.2. The van der Waals surface area contributed by atoms with Crippen LogP contribution in [0.3, 0.4) is 0 Å². The third-order valence-corrected chi connectivity index (χ3v) is 0.341. The van der Waals surface area contributed by atoms with E-state index in [1.165, 1.54) is 5.98 Å². The minimum atomic E-state index is -0.352. The Kier molecular flexibility index (Phi) is 12.6. The van der Waals surface area contributed by atoms with Crippen LogP contribution in [0.25, 0.3) is 0 Å². The Balaban J connectivity index is 0. The van der Waals surface area contributed by atoms with Crippen molar-refractivity contribution in [2.24, 2.45) is 0 Å². The molecule has 0 aromatic carbocycles. The molecule has 0 spiro atoms. The summed E-state index contributed by atoms with van der Waals surface area (Å²) in [5.41, 5.74) is 0. The predicted octanol–water partition coefficient (Wildman–Crippen LogP) is 1.13. The van der Waals surface area contributed by atoms with Gasteiger partial charge in [0.2, 0.25) is 0 Å². The van der Waals surface area contributed by atoms with E-state index in [1.807, 2.05) is 0 Å². The third kappa shape index (κ3) is 29.9. The fraction of sp³-hybridized carbons (Fsp3) is 0.200. The first-order valence-electron chi connectivity index (χ1n) is 2.08. The van der Waals surface area contributed by atoms with Crippen LogP contribution in [0.2, 0.25) is 6.82 Å². The van der Waals surface area contributed by atoms with Crippen LogP contribution in [0.1, 0.15) is 0 Å². The van der Waals surface area contributed by atoms with Crippen molar-refractivity contribution in [2.45, 2.75) is 6.82 Å². The quantitative estimate of drug-likeness (QED) is 0.385. The van der Waals surface area contributed by atoms with E-state index in [-0.39, 0.29) is 6.92 Å². The molecule has 0 saturated carbocycles. The molecule has 0 amide bonds. The highest BCUT2D eigenvalue weighted by molar-refractivity contribution is 6.54. The molecule has 0 aromatic rings. The second-order valence-corrected chi connectivity index (χ2v) is 0.976. The maximum absolute atomic E-state index is 8.24. The van der Waals surface area contributed by atoms with Gasteiger partial charge < -0.3 is 5.02 Å². The van der Waals surface area contributed by atoms with Gasteiger partial charge in [0.1, 0.15) is 0 Å². The topological polar surface area (TPSA) is 20.2 Å². The van der Waals surface area contributed by atoms with Gasteiger partial charge in [-0.15, -0.1) is 19.7 Å². The molecule has 1 N–H and O–H groups in total. The summed E-state index contributed by atoms with van der Waals surface area (Å²) in [7, 11) is 0. The van der Waals surface area contributed by atoms with Gasteiger partial charge in [-0.2, -0.15) is 0 Å². The van der Waals surface area contributed by atoms with E-state index >= 15 is 0 Å². The van der Waals surface area contributed by atoms with E-state index < -0.39 is 0 Å². The van der Waals surface area contributed by atoms with Crippen LogP contribution in [0.5, 0.6) is 0 Å². The molecule has 0 rings (SSSR count). The first-order valence-corrected chi connectivity index (χ1v) is 2.08. The van der Waals surface area contributed by atoms with E-state index in [4.69, 9.17) is 5.02 Å². The van der Waals surface area contributed by atoms with Crippen molar-refractivity contribution in [2.75, 3.05) is 0 Å². The Hall–Kier alpha value is -0.495. The molecule has 0 aliphatic rings. The summed E-state index contributed by atoms with van der Waals surface area (Å²) >= 11 is 0. The molecule has 40 valence electrons. The molecular weight excluding hydrogens is 86.9 g/mol. The normalized spacial score (nSPS) is 5.43. The van der Waals surface area contributed by atoms with Crippen LogP contribution in [0.4, 0.5) is 0 Å². The van der Waals surface area contributed by atoms with Gasteiger partial charge in [-0.25, -0.2) is 0 Å². The van der Waals surface area contributed by atoms with Crippen molar-refractivity contribution in [1.29, 1.82) is 0 Å². The highest BCUT2D eigenvalue weighted by Gasteiger charge is 1.86. The second-order valence-electron chi connectivity index (χ2n) is 0.976. The third-order valence-electron chi connectivity index (χ3n) is 0.341. The standard InChI is InChI=1S/C3H7BO.C2H4/c1-3-4(2)5;1-2/h3,5H,1H2,2H3;1-2H2. The zero-order valence-corrected chi connectivity index (χ0v) is 4.72. The Bertz CT molecular complexity index is 43.3. The predicted molar refractivity (Wildman–Crippen MR) is 35.3 cm³/mol. The zero-order chi connectivity index (χ0) is 6.28. The van der Waals surface area contributed by atoms with Crippen molar-refractivity contribution >= 4 is 6.92 Å². The molecule has 0 unspecified atom stereocenters. The molecule has 0 fully saturated rings. The van der Waals surface area contributed by atoms with Gasteiger partial charge in [0, 0.05) is 0 Å². The summed E-state index contributed by atoms with van der Waals surface area (Å²) in [5.74, 6) is 1.47. The Morgan fingerprint density at radius 1 is 1.57 bits per heavy atom. The van der Waals surface area contributed by atoms with Crippen LogP contribution in [0, 0.1) is 0 Å². The lowest BCUT2D eigenvalue weighted by Gasteiger charge is -1.76. The maximum atomic E-state index is 8.24. The lowest BCUT2D eigenvalue weighted by molar-refractivity contribution is 0.593. The molecule has 7 heavy (non-hydrogen) atoms. The van der Waals surface area contributed by atoms with Gasteiger partial charge in [0.15, 0.2) is 0 Å². The largest absolute Gasteiger partial charge is 0.447 e. The minimum Gasteiger partial charge on any atom is -0.447 e. The minimum absolute atomic E-state index is 0.352. The van der Waals surface area contributed by atoms with Crippen molar-refractivity contribution < 1.29 is 5.02 Å². The summed E-state index contributed by atoms with van der Waals surface area (Å²) < 4.78 is 0. The van der Waals surface area contributed by atoms with Crippen molar-refractivity contribution in [3.8, 4) is 0 Å². The highest BCUT2D eigenvalue weighted by Crippen LogP contribution is 1.67. The van der Waals surface area contributed by atoms with Gasteiger partial charge in [-0.3, -0.25) is 0 Å². The van der Waals surface area contributed by atoms with Crippen molar-refractivity contribution in [3.05, 3.63) is 25.7 Å². The van der Waals surface area contributed by atoms with E-state index in [2.05, 4.69) is 19.7 Å². The average Bonchev–Trinajstić information content (AvgIpc) is 1.73. The van der Waals surface area contributed by atoms with Crippen molar-refractivity contribution in [3.63, 3.8) is 0 Å². The number of rotatable bonds is 1. The lowest BCUT2D eigenvalue weighted by atomic mass is 9.73. The van der Waals surface area contributed by atoms with E-state index in [9.17, 15) is 0 Å². The summed E-state index contributed by atoms with van der Waals surface area (Å²) in [4.78, 5) is 0. The molecule has 0 aliphatic heterocycles. The number of hydrogen-bond donors (Lipinski definition) is 1. The Labute approximate surface area is 45.5 Å². The van der Waals surface area contributed by atoms with Crippen molar-refractivity contribution in [1.82, 2.24) is 0 Å². The van der Waals surface area contributed by atoms with Crippen LogP contribution < -0.4 is 0 Å². The Morgan fingerprint density at radius 3 is 1.71 bits per heavy atom. The van der Waals surface area contributed by atoms with Gasteiger partial charge in [0.25, 0.3) is 0 Å². The molecule has 1 nitrogen and oxygen atoms in total. The first kappa shape index (κ1) is 9.71. The van der Waals surface area contributed by atoms with Gasteiger partial charge in [-0.05, 0) is 0 Å². The number of hydrogen-bond acceptors (Lipinski definition) is 1. The molecule has 0 aliphatic carbocycles. The molecule has 0 atom stereocenters. The van der Waals surface area contributed by atoms with E-state index in [1.54, 1.807) is 6.82 Å². The van der Waals surface area contributed by atoms with Crippen LogP contribution >= 0.6 is 0 Å². The fourth-order valence-corrected chi connectivity index (χ4v) is 0. The molecule has 0 heterocycles. The molecule has 0 radical (unpaired) electrons. The SMILES string of the molecule is C=C.C=CB(C)O. The van der Waals surface area contributed by atoms with Gasteiger partial charge >= 0.3 is 6.92 Å². The maximum Gasteiger partial charge on any atom is 0.312 e. The smallest absolute Gasteiger partial charge is 0.312 e. The second kappa shape index (κ2) is 9.09. The van der Waals surface area contributed by atoms with Gasteiger partial charge in [-0.1, -0.05) is 12.8 Å². The average molecular weight is 98.0 g/mol. The Morgan fingerprint density at radius 2 is 1.71 bits per heavy atom. The van der Waals surface area contributed by atoms with E-state index in [0.717, 1.165) is 0 Å². The molecule has 0 bridgehead atoms. The first-order chi connectivity index (χ1) is 3.27. The fourth-order valence-electron chi connectivity index (χ4n) is 0.